The number of carbonyl (C=O) groups excluding carboxylic acids is 1. The van der Waals surface area contributed by atoms with Gasteiger partial charge in [-0.2, -0.15) is 5.10 Å². The molecule has 0 aromatic carbocycles. The summed E-state index contributed by atoms with van der Waals surface area (Å²) in [4.78, 5) is 20.5. The third-order valence-electron chi connectivity index (χ3n) is 3.15. The number of nitrogens with zero attached hydrogens (tertiary/aromatic N) is 4. The number of amides is 1. The van der Waals surface area contributed by atoms with Gasteiger partial charge in [0.15, 0.2) is 5.13 Å². The van der Waals surface area contributed by atoms with Gasteiger partial charge in [0.05, 0.1) is 5.69 Å². The molecule has 0 atom stereocenters. The topological polar surface area (TPSA) is 88.0 Å². The first-order valence-corrected chi connectivity index (χ1v) is 7.37. The Morgan fingerprint density at radius 3 is 2.95 bits per heavy atom. The number of H-pyrrole nitrogens is 1. The maximum atomic E-state index is 12.2. The van der Waals surface area contributed by atoms with Gasteiger partial charge in [0, 0.05) is 35.7 Å². The van der Waals surface area contributed by atoms with E-state index in [0.717, 1.165) is 11.3 Å². The van der Waals surface area contributed by atoms with Crippen LogP contribution in [0, 0.1) is 0 Å². The lowest BCUT2D eigenvalue weighted by Gasteiger charge is -1.98. The van der Waals surface area contributed by atoms with Crippen LogP contribution < -0.4 is 5.32 Å². The van der Waals surface area contributed by atoms with Crippen molar-refractivity contribution >= 4 is 28.0 Å². The quantitative estimate of drug-likeness (QED) is 0.608. The van der Waals surface area contributed by atoms with Gasteiger partial charge in [-0.25, -0.2) is 9.97 Å². The number of hydrogen-bond acceptors (Lipinski definition) is 5. The number of carbonyl (C=O) groups is 1. The predicted octanol–water partition coefficient (Wildman–Crippen LogP) is 2.43. The highest BCUT2D eigenvalue weighted by Crippen LogP contribution is 2.18. The third kappa shape index (κ3) is 2.25. The van der Waals surface area contributed by atoms with E-state index in [9.17, 15) is 4.79 Å². The molecule has 0 aliphatic rings. The Bertz CT molecular complexity index is 926. The standard InChI is InChI=1S/C14H10N6OS/c21-13(18-14-15-5-6-22-14)11-8-20-7-9(1-2-12(20)17-11)10-3-4-16-19-10/h1-8H,(H,16,19)(H,15,18,21). The van der Waals surface area contributed by atoms with E-state index >= 15 is 0 Å². The zero-order chi connectivity index (χ0) is 14.9. The van der Waals surface area contributed by atoms with Crippen molar-refractivity contribution in [3.05, 3.63) is 54.1 Å². The number of thiazole rings is 1. The highest BCUT2D eigenvalue weighted by molar-refractivity contribution is 7.13. The first kappa shape index (κ1) is 12.7. The number of aromatic amines is 1. The molecule has 108 valence electrons. The molecule has 4 rings (SSSR count). The average Bonchev–Trinajstić information content (AvgIpc) is 3.27. The van der Waals surface area contributed by atoms with Gasteiger partial charge in [-0.1, -0.05) is 0 Å². The lowest BCUT2D eigenvalue weighted by molar-refractivity contribution is 0.102. The van der Waals surface area contributed by atoms with Crippen LogP contribution in [0.15, 0.2) is 48.4 Å². The molecule has 4 aromatic heterocycles. The average molecular weight is 310 g/mol. The smallest absolute Gasteiger partial charge is 0.277 e. The van der Waals surface area contributed by atoms with Crippen molar-refractivity contribution in [2.75, 3.05) is 5.32 Å². The van der Waals surface area contributed by atoms with Gasteiger partial charge in [-0.3, -0.25) is 15.2 Å². The Labute approximate surface area is 128 Å². The van der Waals surface area contributed by atoms with Gasteiger partial charge in [0.25, 0.3) is 5.91 Å². The summed E-state index contributed by atoms with van der Waals surface area (Å²) in [7, 11) is 0. The summed E-state index contributed by atoms with van der Waals surface area (Å²) in [6, 6.07) is 5.67. The minimum atomic E-state index is -0.276. The van der Waals surface area contributed by atoms with E-state index in [0.29, 0.717) is 16.5 Å². The highest BCUT2D eigenvalue weighted by Gasteiger charge is 2.12. The van der Waals surface area contributed by atoms with E-state index in [2.05, 4.69) is 25.5 Å². The number of imidazole rings is 1. The normalized spacial score (nSPS) is 10.9. The molecule has 0 aliphatic carbocycles. The molecular weight excluding hydrogens is 300 g/mol. The van der Waals surface area contributed by atoms with Crippen LogP contribution in [0.1, 0.15) is 10.5 Å². The van der Waals surface area contributed by atoms with E-state index in [4.69, 9.17) is 0 Å². The fraction of sp³-hybridized carbons (Fsp3) is 0. The molecule has 4 heterocycles. The van der Waals surface area contributed by atoms with Crippen molar-refractivity contribution in [2.45, 2.75) is 0 Å². The first-order valence-electron chi connectivity index (χ1n) is 6.49. The van der Waals surface area contributed by atoms with E-state index < -0.39 is 0 Å². The maximum Gasteiger partial charge on any atom is 0.277 e. The van der Waals surface area contributed by atoms with Crippen molar-refractivity contribution in [2.24, 2.45) is 0 Å². The molecule has 0 bridgehead atoms. The number of fused-ring (bicyclic) bond motifs is 1. The molecule has 0 spiro atoms. The van der Waals surface area contributed by atoms with E-state index in [1.165, 1.54) is 11.3 Å². The van der Waals surface area contributed by atoms with Crippen molar-refractivity contribution in [3.63, 3.8) is 0 Å². The number of anilines is 1. The van der Waals surface area contributed by atoms with Crippen LogP contribution in [0.2, 0.25) is 0 Å². The number of nitrogens with one attached hydrogen (secondary N) is 2. The fourth-order valence-electron chi connectivity index (χ4n) is 2.12. The molecule has 2 N–H and O–H groups in total. The van der Waals surface area contributed by atoms with Crippen LogP contribution in [0.5, 0.6) is 0 Å². The van der Waals surface area contributed by atoms with Gasteiger partial charge >= 0.3 is 0 Å². The molecule has 4 aromatic rings. The largest absolute Gasteiger partial charge is 0.306 e. The Kier molecular flexibility index (Phi) is 2.94. The second kappa shape index (κ2) is 5.08. The lowest BCUT2D eigenvalue weighted by Crippen LogP contribution is -2.11. The summed E-state index contributed by atoms with van der Waals surface area (Å²) in [5.74, 6) is -0.276. The van der Waals surface area contributed by atoms with Gasteiger partial charge in [0.2, 0.25) is 0 Å². The molecular formula is C14H10N6OS. The monoisotopic (exact) mass is 310 g/mol. The van der Waals surface area contributed by atoms with Crippen LogP contribution in [0.4, 0.5) is 5.13 Å². The summed E-state index contributed by atoms with van der Waals surface area (Å²) in [5, 5.41) is 11.9. The molecule has 1 amide bonds. The molecule has 0 unspecified atom stereocenters. The van der Waals surface area contributed by atoms with Crippen LogP contribution in [0.3, 0.4) is 0 Å². The molecule has 0 saturated carbocycles. The van der Waals surface area contributed by atoms with Gasteiger partial charge in [-0.15, -0.1) is 11.3 Å². The molecule has 7 nitrogen and oxygen atoms in total. The SMILES string of the molecule is O=C(Nc1nccs1)c1cn2cc(-c3ccn[nH]3)ccc2n1. The molecule has 0 fully saturated rings. The molecule has 0 radical (unpaired) electrons. The molecule has 0 aliphatic heterocycles. The van der Waals surface area contributed by atoms with Crippen molar-refractivity contribution in [1.29, 1.82) is 0 Å². The molecule has 8 heteroatoms. The Morgan fingerprint density at radius 2 is 2.18 bits per heavy atom. The van der Waals surface area contributed by atoms with Gasteiger partial charge in [0.1, 0.15) is 11.3 Å². The number of pyridine rings is 1. The maximum absolute atomic E-state index is 12.2. The zero-order valence-corrected chi connectivity index (χ0v) is 12.0. The summed E-state index contributed by atoms with van der Waals surface area (Å²) in [6.45, 7) is 0. The molecule has 22 heavy (non-hydrogen) atoms. The van der Waals surface area contributed by atoms with Crippen LogP contribution in [-0.2, 0) is 0 Å². The Morgan fingerprint density at radius 1 is 1.23 bits per heavy atom. The molecule has 0 saturated heterocycles. The number of aromatic nitrogens is 5. The van der Waals surface area contributed by atoms with Gasteiger partial charge < -0.3 is 4.40 Å². The third-order valence-corrected chi connectivity index (χ3v) is 3.84. The summed E-state index contributed by atoms with van der Waals surface area (Å²) < 4.78 is 1.81. The second-order valence-corrected chi connectivity index (χ2v) is 5.47. The second-order valence-electron chi connectivity index (χ2n) is 4.57. The van der Waals surface area contributed by atoms with Crippen LogP contribution in [0.25, 0.3) is 16.9 Å². The lowest BCUT2D eigenvalue weighted by atomic mass is 10.2. The zero-order valence-electron chi connectivity index (χ0n) is 11.2. The van der Waals surface area contributed by atoms with Crippen LogP contribution >= 0.6 is 11.3 Å². The summed E-state index contributed by atoms with van der Waals surface area (Å²) >= 11 is 1.36. The number of rotatable bonds is 3. The minimum Gasteiger partial charge on any atom is -0.306 e. The predicted molar refractivity (Wildman–Crippen MR) is 82.8 cm³/mol. The van der Waals surface area contributed by atoms with E-state index in [1.807, 2.05) is 28.8 Å². The highest BCUT2D eigenvalue weighted by atomic mass is 32.1. The fourth-order valence-corrected chi connectivity index (χ4v) is 2.65. The number of hydrogen-bond donors (Lipinski definition) is 2. The summed E-state index contributed by atoms with van der Waals surface area (Å²) in [6.07, 6.45) is 6.93. The first-order chi connectivity index (χ1) is 10.8. The van der Waals surface area contributed by atoms with E-state index in [-0.39, 0.29) is 5.91 Å². The van der Waals surface area contributed by atoms with Crippen LogP contribution in [-0.4, -0.2) is 30.5 Å². The summed E-state index contributed by atoms with van der Waals surface area (Å²) in [5.41, 5.74) is 2.92. The van der Waals surface area contributed by atoms with Gasteiger partial charge in [-0.05, 0) is 18.2 Å². The van der Waals surface area contributed by atoms with E-state index in [1.54, 1.807) is 24.0 Å². The Hall–Kier alpha value is -3.00. The minimum absolute atomic E-state index is 0.276. The Balaban J connectivity index is 1.67. The van der Waals surface area contributed by atoms with Crippen molar-refractivity contribution in [3.8, 4) is 11.3 Å². The van der Waals surface area contributed by atoms with Crippen molar-refractivity contribution < 1.29 is 4.79 Å². The van der Waals surface area contributed by atoms with Crippen molar-refractivity contribution in [1.82, 2.24) is 24.6 Å².